The lowest BCUT2D eigenvalue weighted by Crippen LogP contribution is -2.26. The van der Waals surface area contributed by atoms with E-state index in [9.17, 15) is 0 Å². The van der Waals surface area contributed by atoms with Crippen LogP contribution in [0.2, 0.25) is 0 Å². The van der Waals surface area contributed by atoms with Crippen LogP contribution in [-0.2, 0) is 4.74 Å². The van der Waals surface area contributed by atoms with E-state index >= 15 is 0 Å². The van der Waals surface area contributed by atoms with Crippen molar-refractivity contribution in [3.05, 3.63) is 30.1 Å². The summed E-state index contributed by atoms with van der Waals surface area (Å²) in [6.45, 7) is 3.91. The van der Waals surface area contributed by atoms with Crippen LogP contribution >= 0.6 is 0 Å². The fourth-order valence-corrected chi connectivity index (χ4v) is 2.50. The van der Waals surface area contributed by atoms with E-state index in [1.54, 1.807) is 0 Å². The third-order valence-corrected chi connectivity index (χ3v) is 3.66. The molecule has 1 N–H and O–H groups in total. The molecule has 1 fully saturated rings. The zero-order chi connectivity index (χ0) is 12.6. The summed E-state index contributed by atoms with van der Waals surface area (Å²) in [6.07, 6.45) is 10.8. The van der Waals surface area contributed by atoms with E-state index in [2.05, 4.69) is 29.4 Å². The van der Waals surface area contributed by atoms with E-state index in [1.807, 2.05) is 12.4 Å². The average molecular weight is 248 g/mol. The first-order valence-corrected chi connectivity index (χ1v) is 7.11. The molecule has 2 rings (SSSR count). The lowest BCUT2D eigenvalue weighted by Gasteiger charge is -2.22. The van der Waals surface area contributed by atoms with Crippen molar-refractivity contribution in [2.45, 2.75) is 51.2 Å². The number of pyridine rings is 1. The van der Waals surface area contributed by atoms with Crippen LogP contribution in [0, 0.1) is 0 Å². The highest BCUT2D eigenvalue weighted by Crippen LogP contribution is 2.20. The summed E-state index contributed by atoms with van der Waals surface area (Å²) < 4.78 is 5.89. The molecule has 1 unspecified atom stereocenters. The molecule has 1 aromatic heterocycles. The van der Waals surface area contributed by atoms with Crippen molar-refractivity contribution < 1.29 is 4.74 Å². The van der Waals surface area contributed by atoms with Gasteiger partial charge in [0.2, 0.25) is 0 Å². The van der Waals surface area contributed by atoms with E-state index < -0.39 is 0 Å². The minimum Gasteiger partial charge on any atom is -0.377 e. The average Bonchev–Trinajstić information content (AvgIpc) is 2.45. The third kappa shape index (κ3) is 4.39. The molecule has 0 aromatic carbocycles. The molecule has 1 aliphatic carbocycles. The maximum Gasteiger partial charge on any atom is 0.0594 e. The van der Waals surface area contributed by atoms with Gasteiger partial charge < -0.3 is 10.1 Å². The maximum absolute atomic E-state index is 5.89. The molecule has 0 spiro atoms. The topological polar surface area (TPSA) is 34.1 Å². The molecule has 1 atom stereocenters. The molecule has 1 aromatic rings. The largest absolute Gasteiger partial charge is 0.377 e. The molecule has 100 valence electrons. The lowest BCUT2D eigenvalue weighted by molar-refractivity contribution is 0.0295. The van der Waals surface area contributed by atoms with Gasteiger partial charge in [-0.3, -0.25) is 4.98 Å². The van der Waals surface area contributed by atoms with Gasteiger partial charge in [-0.2, -0.15) is 0 Å². The fourth-order valence-electron chi connectivity index (χ4n) is 2.50. The van der Waals surface area contributed by atoms with Crippen molar-refractivity contribution in [2.75, 3.05) is 13.2 Å². The molecule has 1 saturated carbocycles. The van der Waals surface area contributed by atoms with Crippen LogP contribution in [0.3, 0.4) is 0 Å². The van der Waals surface area contributed by atoms with Gasteiger partial charge in [0, 0.05) is 25.0 Å². The maximum atomic E-state index is 5.89. The molecular weight excluding hydrogens is 224 g/mol. The minimum absolute atomic E-state index is 0.364. The van der Waals surface area contributed by atoms with Gasteiger partial charge in [0.1, 0.15) is 0 Å². The van der Waals surface area contributed by atoms with Gasteiger partial charge in [-0.25, -0.2) is 0 Å². The standard InChI is InChI=1S/C15H24N2O/c1-13(14-7-9-16-10-8-14)17-11-12-18-15-5-3-2-4-6-15/h7-10,13,15,17H,2-6,11-12H2,1H3. The first kappa shape index (κ1) is 13.5. The highest BCUT2D eigenvalue weighted by Gasteiger charge is 2.13. The van der Waals surface area contributed by atoms with Crippen LogP contribution in [-0.4, -0.2) is 24.2 Å². The first-order chi connectivity index (χ1) is 8.86. The SMILES string of the molecule is CC(NCCOC1CCCCC1)c1ccncc1. The summed E-state index contributed by atoms with van der Waals surface area (Å²) in [7, 11) is 0. The second-order valence-corrected chi connectivity index (χ2v) is 5.09. The smallest absolute Gasteiger partial charge is 0.0594 e. The Balaban J connectivity index is 1.60. The van der Waals surface area contributed by atoms with Crippen molar-refractivity contribution in [3.8, 4) is 0 Å². The Labute approximate surface area is 110 Å². The molecular formula is C15H24N2O. The van der Waals surface area contributed by atoms with Gasteiger partial charge >= 0.3 is 0 Å². The number of rotatable bonds is 6. The highest BCUT2D eigenvalue weighted by molar-refractivity contribution is 5.13. The fraction of sp³-hybridized carbons (Fsp3) is 0.667. The lowest BCUT2D eigenvalue weighted by atomic mass is 9.98. The Bertz CT molecular complexity index is 323. The number of aromatic nitrogens is 1. The van der Waals surface area contributed by atoms with Gasteiger partial charge in [0.05, 0.1) is 12.7 Å². The second kappa shape index (κ2) is 7.49. The molecule has 0 aliphatic heterocycles. The van der Waals surface area contributed by atoms with Crippen molar-refractivity contribution in [3.63, 3.8) is 0 Å². The van der Waals surface area contributed by atoms with Crippen molar-refractivity contribution in [1.82, 2.24) is 10.3 Å². The molecule has 1 heterocycles. The molecule has 0 saturated heterocycles. The Morgan fingerprint density at radius 2 is 2.00 bits per heavy atom. The van der Waals surface area contributed by atoms with Gasteiger partial charge in [-0.1, -0.05) is 19.3 Å². The van der Waals surface area contributed by atoms with Crippen LogP contribution in [0.15, 0.2) is 24.5 Å². The number of ether oxygens (including phenoxy) is 1. The van der Waals surface area contributed by atoms with Gasteiger partial charge in [0.25, 0.3) is 0 Å². The molecule has 0 bridgehead atoms. The zero-order valence-corrected chi connectivity index (χ0v) is 11.3. The first-order valence-electron chi connectivity index (χ1n) is 7.11. The second-order valence-electron chi connectivity index (χ2n) is 5.09. The van der Waals surface area contributed by atoms with Crippen molar-refractivity contribution >= 4 is 0 Å². The Kier molecular flexibility index (Phi) is 5.62. The molecule has 3 nitrogen and oxygen atoms in total. The third-order valence-electron chi connectivity index (χ3n) is 3.66. The van der Waals surface area contributed by atoms with Crippen molar-refractivity contribution in [2.24, 2.45) is 0 Å². The van der Waals surface area contributed by atoms with Gasteiger partial charge in [-0.15, -0.1) is 0 Å². The summed E-state index contributed by atoms with van der Waals surface area (Å²) in [6, 6.07) is 4.47. The summed E-state index contributed by atoms with van der Waals surface area (Å²) in [5.74, 6) is 0. The van der Waals surface area contributed by atoms with E-state index in [4.69, 9.17) is 4.74 Å². The highest BCUT2D eigenvalue weighted by atomic mass is 16.5. The quantitative estimate of drug-likeness (QED) is 0.786. The summed E-state index contributed by atoms with van der Waals surface area (Å²) in [5, 5.41) is 3.49. The normalized spacial score (nSPS) is 18.7. The Morgan fingerprint density at radius 1 is 1.28 bits per heavy atom. The number of nitrogens with zero attached hydrogens (tertiary/aromatic N) is 1. The Hall–Kier alpha value is -0.930. The number of hydrogen-bond acceptors (Lipinski definition) is 3. The summed E-state index contributed by atoms with van der Waals surface area (Å²) in [4.78, 5) is 4.03. The zero-order valence-electron chi connectivity index (χ0n) is 11.3. The van der Waals surface area contributed by atoms with Crippen LogP contribution in [0.1, 0.15) is 50.6 Å². The predicted octanol–water partition coefficient (Wildman–Crippen LogP) is 3.08. The van der Waals surface area contributed by atoms with E-state index in [0.29, 0.717) is 12.1 Å². The monoisotopic (exact) mass is 248 g/mol. The van der Waals surface area contributed by atoms with Crippen LogP contribution < -0.4 is 5.32 Å². The number of nitrogens with one attached hydrogen (secondary N) is 1. The summed E-state index contributed by atoms with van der Waals surface area (Å²) >= 11 is 0. The molecule has 1 aliphatic rings. The van der Waals surface area contributed by atoms with E-state index in [0.717, 1.165) is 13.2 Å². The van der Waals surface area contributed by atoms with Crippen LogP contribution in [0.25, 0.3) is 0 Å². The molecule has 0 amide bonds. The summed E-state index contributed by atoms with van der Waals surface area (Å²) in [5.41, 5.74) is 1.28. The van der Waals surface area contributed by atoms with E-state index in [-0.39, 0.29) is 0 Å². The van der Waals surface area contributed by atoms with Gasteiger partial charge in [0.15, 0.2) is 0 Å². The molecule has 0 radical (unpaired) electrons. The number of hydrogen-bond donors (Lipinski definition) is 1. The van der Waals surface area contributed by atoms with Gasteiger partial charge in [-0.05, 0) is 37.5 Å². The predicted molar refractivity (Wildman–Crippen MR) is 73.5 cm³/mol. The Morgan fingerprint density at radius 3 is 2.72 bits per heavy atom. The van der Waals surface area contributed by atoms with Crippen LogP contribution in [0.4, 0.5) is 0 Å². The van der Waals surface area contributed by atoms with Crippen molar-refractivity contribution in [1.29, 1.82) is 0 Å². The molecule has 3 heteroatoms. The minimum atomic E-state index is 0.364. The van der Waals surface area contributed by atoms with Crippen LogP contribution in [0.5, 0.6) is 0 Å². The molecule has 18 heavy (non-hydrogen) atoms. The van der Waals surface area contributed by atoms with E-state index in [1.165, 1.54) is 37.7 Å².